The molecular formula is C31H21IrN3-2. The summed E-state index contributed by atoms with van der Waals surface area (Å²) in [7, 11) is 0. The summed E-state index contributed by atoms with van der Waals surface area (Å²) in [6.45, 7) is 0. The van der Waals surface area contributed by atoms with Gasteiger partial charge in [0.05, 0.1) is 5.52 Å². The van der Waals surface area contributed by atoms with Crippen molar-refractivity contribution < 1.29 is 20.1 Å². The smallest absolute Gasteiger partial charge is 0.0702 e. The van der Waals surface area contributed by atoms with Crippen LogP contribution in [0.25, 0.3) is 44.5 Å². The third-order valence-electron chi connectivity index (χ3n) is 5.33. The first-order chi connectivity index (χ1) is 16.9. The standard InChI is InChI=1S/C20H13N2.C11H8N.Ir/c1-2-11-21-19(8-1)17-6-3-5-15(13-17)16-9-10-20-18(14-16)7-4-12-22-20;1-2-6-10(7-3-1)11-8-4-5-9-12-11;/h1-5,7-14H;1-6,8-9H;/q2*-1;. The van der Waals surface area contributed by atoms with Gasteiger partial charge in [-0.2, -0.15) is 0 Å². The Kier molecular flexibility index (Phi) is 8.24. The van der Waals surface area contributed by atoms with Crippen LogP contribution in [0, 0.1) is 12.1 Å². The first kappa shape index (κ1) is 24.2. The fourth-order valence-corrected chi connectivity index (χ4v) is 3.65. The Labute approximate surface area is 218 Å². The summed E-state index contributed by atoms with van der Waals surface area (Å²) in [5, 5.41) is 1.15. The van der Waals surface area contributed by atoms with E-state index in [9.17, 15) is 0 Å². The van der Waals surface area contributed by atoms with Crippen LogP contribution in [0.2, 0.25) is 0 Å². The zero-order chi connectivity index (χ0) is 23.0. The molecule has 0 atom stereocenters. The van der Waals surface area contributed by atoms with E-state index in [0.29, 0.717) is 0 Å². The van der Waals surface area contributed by atoms with Crippen molar-refractivity contribution in [2.24, 2.45) is 0 Å². The molecule has 0 aliphatic heterocycles. The van der Waals surface area contributed by atoms with Gasteiger partial charge in [-0.1, -0.05) is 36.4 Å². The van der Waals surface area contributed by atoms with Gasteiger partial charge in [-0.25, -0.2) is 0 Å². The van der Waals surface area contributed by atoms with E-state index in [0.717, 1.165) is 39.0 Å². The SMILES string of the molecule is [Ir].[c-]1ccc(-c2ccc3ncccc3c2)cc1-c1ccccn1.[c-]1ccccc1-c1ccccn1. The number of hydrogen-bond donors (Lipinski definition) is 0. The summed E-state index contributed by atoms with van der Waals surface area (Å²) >= 11 is 0. The number of fused-ring (bicyclic) bond motifs is 1. The van der Waals surface area contributed by atoms with Crippen LogP contribution < -0.4 is 0 Å². The zero-order valence-corrected chi connectivity index (χ0v) is 21.2. The second kappa shape index (κ2) is 11.9. The monoisotopic (exact) mass is 628 g/mol. The molecule has 3 aromatic heterocycles. The Morgan fingerprint density at radius 2 is 1.17 bits per heavy atom. The van der Waals surface area contributed by atoms with E-state index in [1.807, 2.05) is 79.0 Å². The minimum absolute atomic E-state index is 0. The van der Waals surface area contributed by atoms with Crippen LogP contribution in [0.15, 0.2) is 128 Å². The van der Waals surface area contributed by atoms with Crippen molar-refractivity contribution in [2.45, 2.75) is 0 Å². The molecule has 3 nitrogen and oxygen atoms in total. The van der Waals surface area contributed by atoms with Crippen molar-refractivity contribution in [1.29, 1.82) is 0 Å². The molecule has 6 aromatic rings. The fraction of sp³-hybridized carbons (Fsp3) is 0. The Bertz CT molecular complexity index is 1450. The molecule has 0 aliphatic rings. The number of aromatic nitrogens is 3. The molecule has 0 spiro atoms. The van der Waals surface area contributed by atoms with Crippen molar-refractivity contribution in [2.75, 3.05) is 0 Å². The summed E-state index contributed by atoms with van der Waals surface area (Å²) in [5.74, 6) is 0. The van der Waals surface area contributed by atoms with Crippen molar-refractivity contribution in [1.82, 2.24) is 15.0 Å². The van der Waals surface area contributed by atoms with Gasteiger partial charge < -0.3 is 9.97 Å². The molecule has 0 N–H and O–H groups in total. The Morgan fingerprint density at radius 3 is 1.89 bits per heavy atom. The molecular weight excluding hydrogens is 607 g/mol. The summed E-state index contributed by atoms with van der Waals surface area (Å²) in [5.41, 5.74) is 7.29. The van der Waals surface area contributed by atoms with Gasteiger partial charge >= 0.3 is 0 Å². The number of rotatable bonds is 3. The summed E-state index contributed by atoms with van der Waals surface area (Å²) in [6, 6.07) is 42.5. The summed E-state index contributed by atoms with van der Waals surface area (Å²) < 4.78 is 0. The normalized spacial score (nSPS) is 10.1. The molecule has 35 heavy (non-hydrogen) atoms. The Hall–Kier alpha value is -3.98. The zero-order valence-electron chi connectivity index (χ0n) is 18.8. The third kappa shape index (κ3) is 6.13. The summed E-state index contributed by atoms with van der Waals surface area (Å²) in [6.07, 6.45) is 5.41. The fourth-order valence-electron chi connectivity index (χ4n) is 3.65. The topological polar surface area (TPSA) is 38.7 Å². The van der Waals surface area contributed by atoms with Gasteiger partial charge in [0.15, 0.2) is 0 Å². The molecule has 171 valence electrons. The van der Waals surface area contributed by atoms with Gasteiger partial charge in [0.2, 0.25) is 0 Å². The first-order valence-electron chi connectivity index (χ1n) is 11.0. The van der Waals surface area contributed by atoms with Crippen LogP contribution in [0.3, 0.4) is 0 Å². The van der Waals surface area contributed by atoms with E-state index < -0.39 is 0 Å². The molecule has 0 amide bonds. The van der Waals surface area contributed by atoms with Crippen LogP contribution in [-0.4, -0.2) is 15.0 Å². The second-order valence-electron chi connectivity index (χ2n) is 7.61. The van der Waals surface area contributed by atoms with Crippen molar-refractivity contribution in [3.63, 3.8) is 0 Å². The van der Waals surface area contributed by atoms with Crippen LogP contribution in [0.5, 0.6) is 0 Å². The van der Waals surface area contributed by atoms with E-state index in [1.165, 1.54) is 5.56 Å². The average molecular weight is 628 g/mol. The molecule has 6 rings (SSSR count). The molecule has 3 heterocycles. The number of pyridine rings is 3. The van der Waals surface area contributed by atoms with Crippen molar-refractivity contribution >= 4 is 10.9 Å². The predicted octanol–water partition coefficient (Wildman–Crippen LogP) is 7.31. The molecule has 4 heteroatoms. The van der Waals surface area contributed by atoms with Gasteiger partial charge in [0.1, 0.15) is 0 Å². The minimum atomic E-state index is 0. The van der Waals surface area contributed by atoms with E-state index in [1.54, 1.807) is 12.4 Å². The largest absolute Gasteiger partial charge is 0.305 e. The first-order valence-corrected chi connectivity index (χ1v) is 11.0. The summed E-state index contributed by atoms with van der Waals surface area (Å²) in [4.78, 5) is 13.0. The van der Waals surface area contributed by atoms with E-state index in [-0.39, 0.29) is 20.1 Å². The van der Waals surface area contributed by atoms with Gasteiger partial charge in [0.25, 0.3) is 0 Å². The number of benzene rings is 3. The van der Waals surface area contributed by atoms with E-state index >= 15 is 0 Å². The maximum absolute atomic E-state index is 4.39. The maximum atomic E-state index is 4.39. The van der Waals surface area contributed by atoms with Crippen LogP contribution >= 0.6 is 0 Å². The third-order valence-corrected chi connectivity index (χ3v) is 5.33. The molecule has 0 unspecified atom stereocenters. The number of hydrogen-bond acceptors (Lipinski definition) is 3. The molecule has 0 aliphatic carbocycles. The second-order valence-corrected chi connectivity index (χ2v) is 7.61. The predicted molar refractivity (Wildman–Crippen MR) is 138 cm³/mol. The Balaban J connectivity index is 0.000000189. The van der Waals surface area contributed by atoms with Gasteiger partial charge in [-0.05, 0) is 47.3 Å². The maximum Gasteiger partial charge on any atom is 0.0702 e. The molecule has 0 saturated carbocycles. The quantitative estimate of drug-likeness (QED) is 0.193. The van der Waals surface area contributed by atoms with Crippen molar-refractivity contribution in [3.05, 3.63) is 140 Å². The molecule has 1 radical (unpaired) electrons. The Morgan fingerprint density at radius 1 is 0.486 bits per heavy atom. The van der Waals surface area contributed by atoms with Crippen LogP contribution in [0.1, 0.15) is 0 Å². The van der Waals surface area contributed by atoms with Gasteiger partial charge in [-0.3, -0.25) is 4.98 Å². The average Bonchev–Trinajstić information content (AvgIpc) is 2.95. The van der Waals surface area contributed by atoms with Crippen LogP contribution in [0.4, 0.5) is 0 Å². The van der Waals surface area contributed by atoms with Crippen LogP contribution in [-0.2, 0) is 20.1 Å². The molecule has 0 saturated heterocycles. The number of nitrogens with zero attached hydrogens (tertiary/aromatic N) is 3. The molecule has 0 bridgehead atoms. The van der Waals surface area contributed by atoms with E-state index in [4.69, 9.17) is 0 Å². The minimum Gasteiger partial charge on any atom is -0.305 e. The van der Waals surface area contributed by atoms with E-state index in [2.05, 4.69) is 63.5 Å². The molecule has 0 fully saturated rings. The van der Waals surface area contributed by atoms with Crippen molar-refractivity contribution in [3.8, 4) is 33.6 Å². The molecule has 3 aromatic carbocycles. The van der Waals surface area contributed by atoms with Gasteiger partial charge in [-0.15, -0.1) is 71.3 Å². The van der Waals surface area contributed by atoms with Gasteiger partial charge in [0, 0.05) is 44.1 Å².